The summed E-state index contributed by atoms with van der Waals surface area (Å²) in [6, 6.07) is 15.9. The Balaban J connectivity index is 1.79. The summed E-state index contributed by atoms with van der Waals surface area (Å²) in [6.45, 7) is 4.18. The first-order chi connectivity index (χ1) is 11.1. The van der Waals surface area contributed by atoms with Crippen LogP contribution in [0.3, 0.4) is 0 Å². The third-order valence-corrected chi connectivity index (χ3v) is 4.15. The van der Waals surface area contributed by atoms with Gasteiger partial charge in [-0.05, 0) is 61.4 Å². The molecule has 0 aliphatic carbocycles. The average Bonchev–Trinajstić information content (AvgIpc) is 2.54. The first kappa shape index (κ1) is 15.5. The normalized spacial score (nSPS) is 10.4. The van der Waals surface area contributed by atoms with Crippen LogP contribution in [0.25, 0.3) is 0 Å². The van der Waals surface area contributed by atoms with Crippen molar-refractivity contribution in [2.75, 3.05) is 10.6 Å². The standard InChI is InChI=1S/C18H17BrN4/c1-12-4-3-5-16(13(12)2)22-18-20-11-10-17(23-18)21-15-8-6-14(19)7-9-15/h3-11H,1-2H3,(H2,20,21,22,23). The molecule has 0 fully saturated rings. The number of rotatable bonds is 4. The Morgan fingerprint density at radius 2 is 1.70 bits per heavy atom. The van der Waals surface area contributed by atoms with Gasteiger partial charge in [-0.25, -0.2) is 4.98 Å². The predicted molar refractivity (Wildman–Crippen MR) is 98.7 cm³/mol. The maximum Gasteiger partial charge on any atom is 0.229 e. The van der Waals surface area contributed by atoms with E-state index in [1.807, 2.05) is 42.5 Å². The highest BCUT2D eigenvalue weighted by Crippen LogP contribution is 2.22. The van der Waals surface area contributed by atoms with Crippen molar-refractivity contribution in [1.29, 1.82) is 0 Å². The van der Waals surface area contributed by atoms with Gasteiger partial charge in [0.1, 0.15) is 5.82 Å². The predicted octanol–water partition coefficient (Wildman–Crippen LogP) is 5.34. The van der Waals surface area contributed by atoms with Crippen LogP contribution in [0, 0.1) is 13.8 Å². The van der Waals surface area contributed by atoms with E-state index < -0.39 is 0 Å². The van der Waals surface area contributed by atoms with Gasteiger partial charge in [-0.1, -0.05) is 28.1 Å². The van der Waals surface area contributed by atoms with Crippen LogP contribution >= 0.6 is 15.9 Å². The molecule has 5 heteroatoms. The monoisotopic (exact) mass is 368 g/mol. The minimum Gasteiger partial charge on any atom is -0.340 e. The molecule has 116 valence electrons. The number of hydrogen-bond donors (Lipinski definition) is 2. The van der Waals surface area contributed by atoms with Crippen molar-refractivity contribution in [1.82, 2.24) is 9.97 Å². The second kappa shape index (κ2) is 6.79. The SMILES string of the molecule is Cc1cccc(Nc2nccc(Nc3ccc(Br)cc3)n2)c1C. The van der Waals surface area contributed by atoms with E-state index in [1.54, 1.807) is 6.20 Å². The van der Waals surface area contributed by atoms with Crippen LogP contribution in [0.15, 0.2) is 59.2 Å². The molecule has 0 atom stereocenters. The van der Waals surface area contributed by atoms with Gasteiger partial charge in [0.05, 0.1) is 0 Å². The summed E-state index contributed by atoms with van der Waals surface area (Å²) >= 11 is 3.43. The molecule has 3 aromatic rings. The van der Waals surface area contributed by atoms with Crippen molar-refractivity contribution in [3.05, 3.63) is 70.3 Å². The molecule has 23 heavy (non-hydrogen) atoms. The molecular weight excluding hydrogens is 352 g/mol. The molecule has 2 N–H and O–H groups in total. The lowest BCUT2D eigenvalue weighted by Gasteiger charge is -2.11. The molecule has 0 bridgehead atoms. The summed E-state index contributed by atoms with van der Waals surface area (Å²) in [5, 5.41) is 6.55. The maximum atomic E-state index is 4.51. The van der Waals surface area contributed by atoms with Gasteiger partial charge in [0.15, 0.2) is 0 Å². The highest BCUT2D eigenvalue weighted by Gasteiger charge is 2.04. The van der Waals surface area contributed by atoms with Crippen molar-refractivity contribution in [3.63, 3.8) is 0 Å². The fraction of sp³-hybridized carbons (Fsp3) is 0.111. The molecule has 3 rings (SSSR count). The Bertz CT molecular complexity index is 816. The number of aromatic nitrogens is 2. The van der Waals surface area contributed by atoms with Crippen LogP contribution in [0.4, 0.5) is 23.1 Å². The van der Waals surface area contributed by atoms with Gasteiger partial charge < -0.3 is 10.6 Å². The maximum absolute atomic E-state index is 4.51. The van der Waals surface area contributed by atoms with E-state index in [4.69, 9.17) is 0 Å². The zero-order chi connectivity index (χ0) is 16.2. The lowest BCUT2D eigenvalue weighted by molar-refractivity contribution is 1.16. The van der Waals surface area contributed by atoms with E-state index in [0.717, 1.165) is 21.7 Å². The zero-order valence-electron chi connectivity index (χ0n) is 13.0. The van der Waals surface area contributed by atoms with Gasteiger partial charge >= 0.3 is 0 Å². The smallest absolute Gasteiger partial charge is 0.229 e. The summed E-state index contributed by atoms with van der Waals surface area (Å²) in [5.41, 5.74) is 4.43. The third kappa shape index (κ3) is 3.87. The van der Waals surface area contributed by atoms with Crippen LogP contribution in [0.5, 0.6) is 0 Å². The van der Waals surface area contributed by atoms with E-state index in [0.29, 0.717) is 5.95 Å². The highest BCUT2D eigenvalue weighted by atomic mass is 79.9. The van der Waals surface area contributed by atoms with Gasteiger partial charge in [0.2, 0.25) is 5.95 Å². The van der Waals surface area contributed by atoms with Gasteiger partial charge in [-0.3, -0.25) is 0 Å². The molecule has 0 radical (unpaired) electrons. The Labute approximate surface area is 144 Å². The first-order valence-electron chi connectivity index (χ1n) is 7.31. The molecule has 0 spiro atoms. The lowest BCUT2D eigenvalue weighted by atomic mass is 10.1. The first-order valence-corrected chi connectivity index (χ1v) is 8.10. The Hall–Kier alpha value is -2.40. The van der Waals surface area contributed by atoms with Crippen molar-refractivity contribution in [2.24, 2.45) is 0 Å². The van der Waals surface area contributed by atoms with Crippen LogP contribution in [-0.4, -0.2) is 9.97 Å². The van der Waals surface area contributed by atoms with Crippen molar-refractivity contribution >= 4 is 39.1 Å². The number of nitrogens with zero attached hydrogens (tertiary/aromatic N) is 2. The quantitative estimate of drug-likeness (QED) is 0.652. The molecule has 0 unspecified atom stereocenters. The Kier molecular flexibility index (Phi) is 4.57. The van der Waals surface area contributed by atoms with Crippen molar-refractivity contribution < 1.29 is 0 Å². The number of halogens is 1. The van der Waals surface area contributed by atoms with Crippen LogP contribution < -0.4 is 10.6 Å². The Morgan fingerprint density at radius 3 is 2.48 bits per heavy atom. The van der Waals surface area contributed by atoms with Crippen LogP contribution in [0.2, 0.25) is 0 Å². The second-order valence-corrected chi connectivity index (χ2v) is 6.19. The van der Waals surface area contributed by atoms with Gasteiger partial charge in [-0.2, -0.15) is 4.98 Å². The molecule has 0 aliphatic rings. The second-order valence-electron chi connectivity index (χ2n) is 5.27. The lowest BCUT2D eigenvalue weighted by Crippen LogP contribution is -2.01. The van der Waals surface area contributed by atoms with Crippen LogP contribution in [0.1, 0.15) is 11.1 Å². The molecule has 0 aliphatic heterocycles. The summed E-state index contributed by atoms with van der Waals surface area (Å²) in [6.07, 6.45) is 1.74. The van der Waals surface area contributed by atoms with E-state index >= 15 is 0 Å². The molecule has 4 nitrogen and oxygen atoms in total. The Morgan fingerprint density at radius 1 is 0.913 bits per heavy atom. The number of hydrogen-bond acceptors (Lipinski definition) is 4. The average molecular weight is 369 g/mol. The number of nitrogens with one attached hydrogen (secondary N) is 2. The molecule has 0 amide bonds. The van der Waals surface area contributed by atoms with E-state index in [1.165, 1.54) is 11.1 Å². The van der Waals surface area contributed by atoms with E-state index in [-0.39, 0.29) is 0 Å². The zero-order valence-corrected chi connectivity index (χ0v) is 14.6. The largest absolute Gasteiger partial charge is 0.340 e. The van der Waals surface area contributed by atoms with Crippen LogP contribution in [-0.2, 0) is 0 Å². The van der Waals surface area contributed by atoms with E-state index in [2.05, 4.69) is 56.4 Å². The fourth-order valence-electron chi connectivity index (χ4n) is 2.18. The minimum atomic E-state index is 0.570. The minimum absolute atomic E-state index is 0.570. The molecule has 0 saturated heterocycles. The summed E-state index contributed by atoms with van der Waals surface area (Å²) < 4.78 is 1.04. The van der Waals surface area contributed by atoms with Gasteiger partial charge in [0, 0.05) is 22.0 Å². The van der Waals surface area contributed by atoms with Crippen molar-refractivity contribution in [3.8, 4) is 0 Å². The summed E-state index contributed by atoms with van der Waals surface area (Å²) in [7, 11) is 0. The number of benzene rings is 2. The van der Waals surface area contributed by atoms with Crippen molar-refractivity contribution in [2.45, 2.75) is 13.8 Å². The summed E-state index contributed by atoms with van der Waals surface area (Å²) in [5.74, 6) is 1.32. The third-order valence-electron chi connectivity index (χ3n) is 3.62. The molecule has 1 aromatic heterocycles. The molecule has 2 aromatic carbocycles. The van der Waals surface area contributed by atoms with Gasteiger partial charge in [0.25, 0.3) is 0 Å². The number of aryl methyl sites for hydroxylation is 1. The molecular formula is C18H17BrN4. The summed E-state index contributed by atoms with van der Waals surface area (Å²) in [4.78, 5) is 8.80. The van der Waals surface area contributed by atoms with E-state index in [9.17, 15) is 0 Å². The fourth-order valence-corrected chi connectivity index (χ4v) is 2.44. The highest BCUT2D eigenvalue weighted by molar-refractivity contribution is 9.10. The number of anilines is 4. The van der Waals surface area contributed by atoms with Gasteiger partial charge in [-0.15, -0.1) is 0 Å². The molecule has 0 saturated carbocycles. The molecule has 1 heterocycles. The topological polar surface area (TPSA) is 49.8 Å².